The number of sulfonamides is 1. The number of aromatic nitrogens is 2. The highest BCUT2D eigenvalue weighted by Gasteiger charge is 2.14. The number of carbonyl (C=O) groups is 1. The minimum Gasteiger partial charge on any atom is -0.300 e. The number of thioether (sulfide) groups is 1. The Morgan fingerprint density at radius 1 is 1.25 bits per heavy atom. The number of hydrogen-bond donors (Lipinski definition) is 2. The fraction of sp³-hybridized carbons (Fsp3) is 0.357. The van der Waals surface area contributed by atoms with E-state index in [1.54, 1.807) is 23.9 Å². The molecule has 0 spiro atoms. The Hall–Kier alpha value is -1.49. The topological polar surface area (TPSA) is 101 Å². The summed E-state index contributed by atoms with van der Waals surface area (Å²) in [5.74, 6) is 0.564. The molecular formula is C14H18N4O3S3. The van der Waals surface area contributed by atoms with Gasteiger partial charge in [-0.25, -0.2) is 13.1 Å². The summed E-state index contributed by atoms with van der Waals surface area (Å²) in [5, 5.41) is 10.8. The number of aryl methyl sites for hydroxylation is 1. The van der Waals surface area contributed by atoms with Crippen molar-refractivity contribution in [3.8, 4) is 0 Å². The molecule has 1 aromatic carbocycles. The molecule has 130 valence electrons. The van der Waals surface area contributed by atoms with E-state index in [9.17, 15) is 13.2 Å². The van der Waals surface area contributed by atoms with Crippen molar-refractivity contribution in [2.24, 2.45) is 0 Å². The molecule has 0 bridgehead atoms. The Bertz CT molecular complexity index is 788. The summed E-state index contributed by atoms with van der Waals surface area (Å²) >= 11 is 2.84. The summed E-state index contributed by atoms with van der Waals surface area (Å²) in [7, 11) is -3.61. The van der Waals surface area contributed by atoms with Gasteiger partial charge in [0, 0.05) is 13.0 Å². The summed E-state index contributed by atoms with van der Waals surface area (Å²) in [4.78, 5) is 12.0. The van der Waals surface area contributed by atoms with Crippen LogP contribution < -0.4 is 10.0 Å². The van der Waals surface area contributed by atoms with E-state index in [-0.39, 0.29) is 23.8 Å². The third kappa shape index (κ3) is 5.55. The lowest BCUT2D eigenvalue weighted by Crippen LogP contribution is -2.27. The predicted molar refractivity (Wildman–Crippen MR) is 95.9 cm³/mol. The molecule has 0 fully saturated rings. The van der Waals surface area contributed by atoms with Crippen LogP contribution >= 0.6 is 23.1 Å². The zero-order valence-corrected chi connectivity index (χ0v) is 15.7. The van der Waals surface area contributed by atoms with Gasteiger partial charge in [-0.15, -0.1) is 10.2 Å². The largest absolute Gasteiger partial charge is 0.300 e. The van der Waals surface area contributed by atoms with Crippen LogP contribution in [0.25, 0.3) is 0 Å². The number of carbonyl (C=O) groups excluding carboxylic acids is 1. The van der Waals surface area contributed by atoms with E-state index in [1.807, 2.05) is 13.8 Å². The average molecular weight is 387 g/mol. The summed E-state index contributed by atoms with van der Waals surface area (Å²) in [5.41, 5.74) is 0.978. The number of rotatable bonds is 8. The van der Waals surface area contributed by atoms with Crippen LogP contribution in [0.4, 0.5) is 5.13 Å². The standard InChI is InChI=1S/C14H18N4O3S3/c1-3-22-14-18-17-13(23-14)16-12(19)8-9-15-24(20,21)11-6-4-10(2)5-7-11/h4-7,15H,3,8-9H2,1-2H3,(H,16,17,19). The lowest BCUT2D eigenvalue weighted by atomic mass is 10.2. The third-order valence-corrected chi connectivity index (χ3v) is 6.23. The van der Waals surface area contributed by atoms with Crippen molar-refractivity contribution in [1.82, 2.24) is 14.9 Å². The van der Waals surface area contributed by atoms with Gasteiger partial charge in [0.1, 0.15) is 0 Å². The molecule has 0 saturated carbocycles. The molecule has 0 unspecified atom stereocenters. The van der Waals surface area contributed by atoms with Crippen molar-refractivity contribution in [1.29, 1.82) is 0 Å². The maximum atomic E-state index is 12.1. The van der Waals surface area contributed by atoms with E-state index >= 15 is 0 Å². The van der Waals surface area contributed by atoms with Gasteiger partial charge in [0.05, 0.1) is 4.90 Å². The first kappa shape index (κ1) is 18.8. The van der Waals surface area contributed by atoms with Gasteiger partial charge in [-0.3, -0.25) is 4.79 Å². The summed E-state index contributed by atoms with van der Waals surface area (Å²) in [6.07, 6.45) is 0.0148. The van der Waals surface area contributed by atoms with Crippen LogP contribution in [-0.4, -0.2) is 36.8 Å². The second kappa shape index (κ2) is 8.56. The van der Waals surface area contributed by atoms with Crippen LogP contribution in [0.2, 0.25) is 0 Å². The van der Waals surface area contributed by atoms with E-state index in [1.165, 1.54) is 23.5 Å². The highest BCUT2D eigenvalue weighted by molar-refractivity contribution is 8.01. The Labute approximate surface area is 149 Å². The zero-order valence-electron chi connectivity index (χ0n) is 13.3. The normalized spacial score (nSPS) is 11.4. The van der Waals surface area contributed by atoms with Gasteiger partial charge in [-0.1, -0.05) is 47.7 Å². The van der Waals surface area contributed by atoms with Crippen molar-refractivity contribution in [3.63, 3.8) is 0 Å². The molecule has 0 saturated heterocycles. The first-order valence-electron chi connectivity index (χ1n) is 7.23. The molecule has 0 aliphatic rings. The molecule has 7 nitrogen and oxygen atoms in total. The average Bonchev–Trinajstić information content (AvgIpc) is 2.95. The van der Waals surface area contributed by atoms with E-state index in [2.05, 4.69) is 20.2 Å². The van der Waals surface area contributed by atoms with Crippen LogP contribution in [0.1, 0.15) is 18.9 Å². The Morgan fingerprint density at radius 2 is 1.96 bits per heavy atom. The van der Waals surface area contributed by atoms with Gasteiger partial charge >= 0.3 is 0 Å². The van der Waals surface area contributed by atoms with E-state index in [0.29, 0.717) is 5.13 Å². The van der Waals surface area contributed by atoms with E-state index in [4.69, 9.17) is 0 Å². The maximum Gasteiger partial charge on any atom is 0.240 e. The molecule has 1 heterocycles. The van der Waals surface area contributed by atoms with Crippen LogP contribution in [0, 0.1) is 6.92 Å². The number of amides is 1. The Balaban J connectivity index is 1.82. The van der Waals surface area contributed by atoms with Crippen molar-refractivity contribution in [2.75, 3.05) is 17.6 Å². The second-order valence-corrected chi connectivity index (χ2v) is 9.07. The molecule has 0 aliphatic heterocycles. The fourth-order valence-corrected chi connectivity index (χ4v) is 4.42. The second-order valence-electron chi connectivity index (χ2n) is 4.82. The molecule has 0 aliphatic carbocycles. The van der Waals surface area contributed by atoms with Gasteiger partial charge in [-0.05, 0) is 24.8 Å². The molecule has 0 radical (unpaired) electrons. The summed E-state index contributed by atoms with van der Waals surface area (Å²) < 4.78 is 27.4. The fourth-order valence-electron chi connectivity index (χ4n) is 1.72. The molecule has 10 heteroatoms. The number of hydrogen-bond acceptors (Lipinski definition) is 7. The molecule has 24 heavy (non-hydrogen) atoms. The quantitative estimate of drug-likeness (QED) is 0.533. The SMILES string of the molecule is CCSc1nnc(NC(=O)CCNS(=O)(=O)c2ccc(C)cc2)s1. The first-order valence-corrected chi connectivity index (χ1v) is 10.5. The van der Waals surface area contributed by atoms with Crippen molar-refractivity contribution in [2.45, 2.75) is 29.5 Å². The molecule has 0 atom stereocenters. The minimum atomic E-state index is -3.61. The van der Waals surface area contributed by atoms with Gasteiger partial charge < -0.3 is 5.32 Å². The third-order valence-electron chi connectivity index (χ3n) is 2.90. The van der Waals surface area contributed by atoms with Gasteiger partial charge in [0.15, 0.2) is 4.34 Å². The van der Waals surface area contributed by atoms with Gasteiger partial charge in [0.25, 0.3) is 0 Å². The monoisotopic (exact) mass is 386 g/mol. The molecule has 2 N–H and O–H groups in total. The van der Waals surface area contributed by atoms with Gasteiger partial charge in [0.2, 0.25) is 21.1 Å². The van der Waals surface area contributed by atoms with E-state index in [0.717, 1.165) is 15.7 Å². The molecule has 2 aromatic rings. The van der Waals surface area contributed by atoms with E-state index < -0.39 is 10.0 Å². The van der Waals surface area contributed by atoms with Crippen LogP contribution in [0.3, 0.4) is 0 Å². The first-order chi connectivity index (χ1) is 11.4. The highest BCUT2D eigenvalue weighted by Crippen LogP contribution is 2.24. The lowest BCUT2D eigenvalue weighted by molar-refractivity contribution is -0.116. The summed E-state index contributed by atoms with van der Waals surface area (Å²) in [6, 6.07) is 6.52. The molecular weight excluding hydrogens is 368 g/mol. The van der Waals surface area contributed by atoms with Gasteiger partial charge in [-0.2, -0.15) is 0 Å². The zero-order chi connectivity index (χ0) is 17.6. The van der Waals surface area contributed by atoms with Crippen LogP contribution in [0.5, 0.6) is 0 Å². The maximum absolute atomic E-state index is 12.1. The Kier molecular flexibility index (Phi) is 6.72. The lowest BCUT2D eigenvalue weighted by Gasteiger charge is -2.06. The number of nitrogens with one attached hydrogen (secondary N) is 2. The van der Waals surface area contributed by atoms with Crippen molar-refractivity contribution >= 4 is 44.2 Å². The number of nitrogens with zero attached hydrogens (tertiary/aromatic N) is 2. The number of anilines is 1. The molecule has 1 amide bonds. The van der Waals surface area contributed by atoms with Crippen molar-refractivity contribution in [3.05, 3.63) is 29.8 Å². The molecule has 1 aromatic heterocycles. The predicted octanol–water partition coefficient (Wildman–Crippen LogP) is 2.27. The van der Waals surface area contributed by atoms with Crippen LogP contribution in [0.15, 0.2) is 33.5 Å². The van der Waals surface area contributed by atoms with Crippen LogP contribution in [-0.2, 0) is 14.8 Å². The van der Waals surface area contributed by atoms with Crippen molar-refractivity contribution < 1.29 is 13.2 Å². The molecule has 2 rings (SSSR count). The minimum absolute atomic E-state index is 0.0113. The highest BCUT2D eigenvalue weighted by atomic mass is 32.2. The summed E-state index contributed by atoms with van der Waals surface area (Å²) in [6.45, 7) is 3.90. The smallest absolute Gasteiger partial charge is 0.240 e. The Morgan fingerprint density at radius 3 is 2.62 bits per heavy atom. The number of benzene rings is 1.